The van der Waals surface area contributed by atoms with Crippen LogP contribution in [-0.2, 0) is 23.9 Å². The van der Waals surface area contributed by atoms with E-state index in [4.69, 9.17) is 5.11 Å². The van der Waals surface area contributed by atoms with E-state index in [9.17, 15) is 9.18 Å². The van der Waals surface area contributed by atoms with Crippen LogP contribution in [0.25, 0.3) is 0 Å². The highest BCUT2D eigenvalue weighted by Gasteiger charge is 2.24. The number of alkyl halides is 1. The molecule has 14 heavy (non-hydrogen) atoms. The van der Waals surface area contributed by atoms with Crippen molar-refractivity contribution in [1.29, 1.82) is 0 Å². The zero-order chi connectivity index (χ0) is 10.9. The Morgan fingerprint density at radius 3 is 2.64 bits per heavy atom. The molecule has 0 spiro atoms. The van der Waals surface area contributed by atoms with Gasteiger partial charge in [-0.05, 0) is 13.8 Å². The minimum atomic E-state index is -1.50. The van der Waals surface area contributed by atoms with Crippen molar-refractivity contribution in [2.75, 3.05) is 0 Å². The summed E-state index contributed by atoms with van der Waals surface area (Å²) in [7, 11) is 1.61. The lowest BCUT2D eigenvalue weighted by Crippen LogP contribution is -2.16. The number of hydrogen-bond donors (Lipinski definition) is 1. The Kier molecular flexibility index (Phi) is 2.59. The molecular weight excluding hydrogens is 187 g/mol. The van der Waals surface area contributed by atoms with E-state index in [0.29, 0.717) is 11.5 Å². The largest absolute Gasteiger partial charge is 0.481 e. The fraction of sp³-hybridized carbons (Fsp3) is 0.556. The third-order valence-corrected chi connectivity index (χ3v) is 2.00. The van der Waals surface area contributed by atoms with E-state index >= 15 is 0 Å². The van der Waals surface area contributed by atoms with Crippen molar-refractivity contribution in [3.05, 3.63) is 17.7 Å². The molecule has 0 aliphatic carbocycles. The quantitative estimate of drug-likeness (QED) is 0.798. The molecule has 0 fully saturated rings. The first kappa shape index (κ1) is 10.7. The second kappa shape index (κ2) is 3.40. The number of nitrogens with zero attached hydrogens (tertiary/aromatic N) is 2. The summed E-state index contributed by atoms with van der Waals surface area (Å²) in [6, 6.07) is 0. The van der Waals surface area contributed by atoms with Gasteiger partial charge in [-0.2, -0.15) is 0 Å². The van der Waals surface area contributed by atoms with Crippen LogP contribution in [0, 0.1) is 0 Å². The van der Waals surface area contributed by atoms with Crippen LogP contribution in [0.2, 0.25) is 0 Å². The normalized spacial score (nSPS) is 11.7. The maximum atomic E-state index is 13.5. The lowest BCUT2D eigenvalue weighted by atomic mass is 10.1. The van der Waals surface area contributed by atoms with Crippen molar-refractivity contribution in [1.82, 2.24) is 9.55 Å². The highest BCUT2D eigenvalue weighted by molar-refractivity contribution is 5.69. The maximum Gasteiger partial charge on any atom is 0.311 e. The van der Waals surface area contributed by atoms with Crippen molar-refractivity contribution in [2.24, 2.45) is 7.05 Å². The molecule has 0 aromatic carbocycles. The first-order chi connectivity index (χ1) is 6.32. The molecule has 0 aliphatic heterocycles. The van der Waals surface area contributed by atoms with E-state index in [2.05, 4.69) is 4.98 Å². The third kappa shape index (κ3) is 2.10. The van der Waals surface area contributed by atoms with Gasteiger partial charge in [0.05, 0.1) is 11.9 Å². The number of carboxylic acid groups (broad SMARTS) is 1. The van der Waals surface area contributed by atoms with Crippen molar-refractivity contribution in [3.8, 4) is 0 Å². The molecule has 0 radical (unpaired) electrons. The zero-order valence-corrected chi connectivity index (χ0v) is 8.41. The number of carboxylic acids is 1. The molecule has 0 unspecified atom stereocenters. The van der Waals surface area contributed by atoms with E-state index in [-0.39, 0.29) is 6.42 Å². The summed E-state index contributed by atoms with van der Waals surface area (Å²) in [6.45, 7) is 2.82. The van der Waals surface area contributed by atoms with Crippen LogP contribution in [0.3, 0.4) is 0 Å². The van der Waals surface area contributed by atoms with Gasteiger partial charge >= 0.3 is 5.97 Å². The predicted octanol–water partition coefficient (Wildman–Crippen LogP) is 1.25. The molecule has 1 rings (SSSR count). The molecule has 0 atom stereocenters. The monoisotopic (exact) mass is 200 g/mol. The molecule has 0 aliphatic rings. The molecule has 5 heteroatoms. The van der Waals surface area contributed by atoms with Gasteiger partial charge in [-0.25, -0.2) is 9.37 Å². The van der Waals surface area contributed by atoms with Crippen molar-refractivity contribution in [3.63, 3.8) is 0 Å². The Hall–Kier alpha value is -1.39. The standard InChI is InChI=1S/C9H13FN2O2/c1-9(2,10)6-5-11-7(12(6)3)4-8(13)14/h5H,4H2,1-3H3,(H,13,14). The summed E-state index contributed by atoms with van der Waals surface area (Å²) in [5.74, 6) is -0.611. The molecule has 1 heterocycles. The first-order valence-electron chi connectivity index (χ1n) is 4.24. The van der Waals surface area contributed by atoms with Gasteiger partial charge in [-0.3, -0.25) is 4.79 Å². The van der Waals surface area contributed by atoms with E-state index in [0.717, 1.165) is 0 Å². The zero-order valence-electron chi connectivity index (χ0n) is 8.41. The van der Waals surface area contributed by atoms with E-state index in [1.54, 1.807) is 7.05 Å². The smallest absolute Gasteiger partial charge is 0.311 e. The molecule has 4 nitrogen and oxygen atoms in total. The van der Waals surface area contributed by atoms with Gasteiger partial charge in [0, 0.05) is 7.05 Å². The lowest BCUT2D eigenvalue weighted by Gasteiger charge is -2.14. The first-order valence-corrected chi connectivity index (χ1v) is 4.24. The van der Waals surface area contributed by atoms with Crippen LogP contribution in [0.15, 0.2) is 6.20 Å². The SMILES string of the molecule is Cn1c(C(C)(C)F)cnc1CC(=O)O. The Bertz CT molecular complexity index is 352. The van der Waals surface area contributed by atoms with Crippen LogP contribution in [0.4, 0.5) is 4.39 Å². The van der Waals surface area contributed by atoms with Crippen LogP contribution >= 0.6 is 0 Å². The highest BCUT2D eigenvalue weighted by Crippen LogP contribution is 2.24. The number of halogens is 1. The molecule has 0 saturated heterocycles. The summed E-state index contributed by atoms with van der Waals surface area (Å²) in [5.41, 5.74) is -1.12. The summed E-state index contributed by atoms with van der Waals surface area (Å²) >= 11 is 0. The number of carbonyl (C=O) groups is 1. The number of rotatable bonds is 3. The van der Waals surface area contributed by atoms with Gasteiger partial charge in [0.2, 0.25) is 0 Å². The minimum Gasteiger partial charge on any atom is -0.481 e. The Morgan fingerprint density at radius 2 is 2.29 bits per heavy atom. The van der Waals surface area contributed by atoms with Crippen molar-refractivity contribution >= 4 is 5.97 Å². The van der Waals surface area contributed by atoms with Gasteiger partial charge in [0.15, 0.2) is 0 Å². The van der Waals surface area contributed by atoms with Crippen molar-refractivity contribution < 1.29 is 14.3 Å². The van der Waals surface area contributed by atoms with Crippen molar-refractivity contribution in [2.45, 2.75) is 25.9 Å². The topological polar surface area (TPSA) is 55.1 Å². The van der Waals surface area contributed by atoms with Gasteiger partial charge < -0.3 is 9.67 Å². The predicted molar refractivity (Wildman–Crippen MR) is 48.7 cm³/mol. The van der Waals surface area contributed by atoms with E-state index < -0.39 is 11.6 Å². The Balaban J connectivity index is 3.03. The molecule has 1 aromatic heterocycles. The Morgan fingerprint density at radius 1 is 1.71 bits per heavy atom. The second-order valence-electron chi connectivity index (χ2n) is 3.66. The number of aliphatic carboxylic acids is 1. The fourth-order valence-electron chi connectivity index (χ4n) is 1.30. The summed E-state index contributed by atoms with van der Waals surface area (Å²) in [6.07, 6.45) is 1.19. The summed E-state index contributed by atoms with van der Waals surface area (Å²) < 4.78 is 15.0. The van der Waals surface area contributed by atoms with Crippen LogP contribution in [-0.4, -0.2) is 20.6 Å². The Labute approximate surface area is 81.4 Å². The van der Waals surface area contributed by atoms with Gasteiger partial charge in [0.1, 0.15) is 17.9 Å². The minimum absolute atomic E-state index is 0.188. The van der Waals surface area contributed by atoms with Gasteiger partial charge in [-0.15, -0.1) is 0 Å². The van der Waals surface area contributed by atoms with E-state index in [1.807, 2.05) is 0 Å². The molecule has 0 bridgehead atoms. The number of imidazole rings is 1. The van der Waals surface area contributed by atoms with Crippen LogP contribution < -0.4 is 0 Å². The number of aromatic nitrogens is 2. The summed E-state index contributed by atoms with van der Waals surface area (Å²) in [4.78, 5) is 14.3. The molecule has 78 valence electrons. The second-order valence-corrected chi connectivity index (χ2v) is 3.66. The fourth-order valence-corrected chi connectivity index (χ4v) is 1.30. The molecule has 0 amide bonds. The molecular formula is C9H13FN2O2. The summed E-state index contributed by atoms with van der Waals surface area (Å²) in [5, 5.41) is 8.56. The third-order valence-electron chi connectivity index (χ3n) is 2.00. The molecule has 1 N–H and O–H groups in total. The highest BCUT2D eigenvalue weighted by atomic mass is 19.1. The van der Waals surface area contributed by atoms with Crippen LogP contribution in [0.1, 0.15) is 25.4 Å². The number of hydrogen-bond acceptors (Lipinski definition) is 2. The van der Waals surface area contributed by atoms with Gasteiger partial charge in [-0.1, -0.05) is 0 Å². The van der Waals surface area contributed by atoms with Crippen LogP contribution in [0.5, 0.6) is 0 Å². The van der Waals surface area contributed by atoms with E-state index in [1.165, 1.54) is 24.6 Å². The lowest BCUT2D eigenvalue weighted by molar-refractivity contribution is -0.136. The molecule has 0 saturated carbocycles. The average Bonchev–Trinajstić information content (AvgIpc) is 2.30. The molecule has 1 aromatic rings. The van der Waals surface area contributed by atoms with Gasteiger partial charge in [0.25, 0.3) is 0 Å². The average molecular weight is 200 g/mol. The maximum absolute atomic E-state index is 13.5.